The van der Waals surface area contributed by atoms with Gasteiger partial charge < -0.3 is 0 Å². The van der Waals surface area contributed by atoms with Gasteiger partial charge in [0.2, 0.25) is 0 Å². The SMILES string of the molecule is CC1(Cc2cc3cccc(-c4cc(C(C)(C)C)cc(C(C)(C)C)c4)[c-]3c2)CCCCC1. The van der Waals surface area contributed by atoms with Crippen molar-refractivity contribution in [2.75, 3.05) is 0 Å². The molecule has 3 aromatic carbocycles. The molecule has 0 saturated heterocycles. The van der Waals surface area contributed by atoms with E-state index < -0.39 is 0 Å². The van der Waals surface area contributed by atoms with Gasteiger partial charge in [-0.25, -0.2) is 0 Å². The van der Waals surface area contributed by atoms with Crippen molar-refractivity contribution < 1.29 is 0 Å². The summed E-state index contributed by atoms with van der Waals surface area (Å²) in [5.41, 5.74) is 7.87. The molecule has 31 heavy (non-hydrogen) atoms. The van der Waals surface area contributed by atoms with Crippen molar-refractivity contribution in [2.24, 2.45) is 5.41 Å². The predicted octanol–water partition coefficient (Wildman–Crippen LogP) is 9.33. The summed E-state index contributed by atoms with van der Waals surface area (Å²) >= 11 is 0. The Morgan fingerprint density at radius 1 is 0.806 bits per heavy atom. The van der Waals surface area contributed by atoms with Crippen LogP contribution in [-0.2, 0) is 17.3 Å². The van der Waals surface area contributed by atoms with Crippen LogP contribution < -0.4 is 0 Å². The Kier molecular flexibility index (Phi) is 5.65. The third-order valence-corrected chi connectivity index (χ3v) is 7.48. The Labute approximate surface area is 190 Å². The van der Waals surface area contributed by atoms with Crippen molar-refractivity contribution in [2.45, 2.75) is 97.8 Å². The van der Waals surface area contributed by atoms with Crippen LogP contribution in [0.4, 0.5) is 0 Å². The Hall–Kier alpha value is -1.95. The molecule has 3 aromatic rings. The lowest BCUT2D eigenvalue weighted by Gasteiger charge is -2.34. The molecule has 0 N–H and O–H groups in total. The monoisotopic (exact) mass is 413 g/mol. The van der Waals surface area contributed by atoms with Crippen molar-refractivity contribution in [1.29, 1.82) is 0 Å². The van der Waals surface area contributed by atoms with Crippen LogP contribution >= 0.6 is 0 Å². The highest BCUT2D eigenvalue weighted by Gasteiger charge is 2.26. The zero-order valence-corrected chi connectivity index (χ0v) is 20.9. The zero-order valence-electron chi connectivity index (χ0n) is 20.9. The highest BCUT2D eigenvalue weighted by Crippen LogP contribution is 2.41. The van der Waals surface area contributed by atoms with Crippen LogP contribution in [0.15, 0.2) is 48.5 Å². The molecule has 0 aliphatic heterocycles. The van der Waals surface area contributed by atoms with Gasteiger partial charge in [0.1, 0.15) is 0 Å². The quantitative estimate of drug-likeness (QED) is 0.375. The summed E-state index contributed by atoms with van der Waals surface area (Å²) < 4.78 is 0. The van der Waals surface area contributed by atoms with Gasteiger partial charge >= 0.3 is 0 Å². The molecule has 0 heteroatoms. The minimum Gasteiger partial charge on any atom is -0.132 e. The van der Waals surface area contributed by atoms with Crippen molar-refractivity contribution >= 4 is 10.8 Å². The van der Waals surface area contributed by atoms with E-state index in [1.807, 2.05) is 0 Å². The van der Waals surface area contributed by atoms with Crippen LogP contribution in [0, 0.1) is 5.41 Å². The van der Waals surface area contributed by atoms with Crippen LogP contribution in [0.2, 0.25) is 0 Å². The molecule has 0 amide bonds. The second-order valence-corrected chi connectivity index (χ2v) is 12.5. The maximum atomic E-state index is 2.51. The van der Waals surface area contributed by atoms with Gasteiger partial charge in [0.05, 0.1) is 0 Å². The van der Waals surface area contributed by atoms with Crippen LogP contribution in [0.25, 0.3) is 21.9 Å². The van der Waals surface area contributed by atoms with Gasteiger partial charge in [0.25, 0.3) is 0 Å². The molecule has 1 fully saturated rings. The lowest BCUT2D eigenvalue weighted by molar-refractivity contribution is 0.215. The Morgan fingerprint density at radius 2 is 1.42 bits per heavy atom. The van der Waals surface area contributed by atoms with Gasteiger partial charge in [0, 0.05) is 0 Å². The van der Waals surface area contributed by atoms with E-state index in [1.165, 1.54) is 77.1 Å². The normalized spacial score (nSPS) is 17.3. The van der Waals surface area contributed by atoms with E-state index in [9.17, 15) is 0 Å². The van der Waals surface area contributed by atoms with Crippen LogP contribution in [0.5, 0.6) is 0 Å². The van der Waals surface area contributed by atoms with E-state index in [-0.39, 0.29) is 10.8 Å². The van der Waals surface area contributed by atoms with Gasteiger partial charge in [-0.15, -0.1) is 41.3 Å². The average molecular weight is 414 g/mol. The molecule has 0 aromatic heterocycles. The minimum absolute atomic E-state index is 0.136. The maximum absolute atomic E-state index is 2.51. The lowest BCUT2D eigenvalue weighted by atomic mass is 9.72. The standard InChI is InChI=1S/C31H41/c1-29(2,3)25-18-24(19-26(20-25)30(4,5)6)27-13-11-12-23-16-22(17-28(23)27)21-31(7)14-9-8-10-15-31/h11-13,16-20H,8-10,14-15,21H2,1-7H3/q-1. The average Bonchev–Trinajstić information content (AvgIpc) is 3.08. The number of fused-ring (bicyclic) bond motifs is 1. The zero-order chi connectivity index (χ0) is 22.4. The van der Waals surface area contributed by atoms with Gasteiger partial charge in [-0.2, -0.15) is 0 Å². The highest BCUT2D eigenvalue weighted by molar-refractivity contribution is 5.98. The predicted molar refractivity (Wildman–Crippen MR) is 137 cm³/mol. The van der Waals surface area contributed by atoms with Crippen LogP contribution in [0.3, 0.4) is 0 Å². The first-order valence-corrected chi connectivity index (χ1v) is 12.3. The molecule has 166 valence electrons. The fourth-order valence-corrected chi connectivity index (χ4v) is 5.37. The first-order valence-electron chi connectivity index (χ1n) is 12.3. The molecule has 0 nitrogen and oxygen atoms in total. The summed E-state index contributed by atoms with van der Waals surface area (Å²) in [7, 11) is 0. The summed E-state index contributed by atoms with van der Waals surface area (Å²) in [4.78, 5) is 0. The lowest BCUT2D eigenvalue weighted by Crippen LogP contribution is -2.22. The number of hydrogen-bond acceptors (Lipinski definition) is 0. The van der Waals surface area contributed by atoms with Crippen LogP contribution in [-0.4, -0.2) is 0 Å². The fourth-order valence-electron chi connectivity index (χ4n) is 5.37. The minimum atomic E-state index is 0.136. The molecule has 1 aliphatic rings. The summed E-state index contributed by atoms with van der Waals surface area (Å²) in [6, 6.07) is 19.1. The van der Waals surface area contributed by atoms with Crippen molar-refractivity contribution in [3.05, 3.63) is 65.2 Å². The van der Waals surface area contributed by atoms with Gasteiger partial charge in [-0.05, 0) is 40.2 Å². The maximum Gasteiger partial charge on any atom is -0.0137 e. The molecular weight excluding hydrogens is 372 g/mol. The van der Waals surface area contributed by atoms with Gasteiger partial charge in [-0.1, -0.05) is 109 Å². The third-order valence-electron chi connectivity index (χ3n) is 7.48. The van der Waals surface area contributed by atoms with E-state index in [1.54, 1.807) is 0 Å². The Morgan fingerprint density at radius 3 is 2.00 bits per heavy atom. The molecule has 0 spiro atoms. The van der Waals surface area contributed by atoms with E-state index >= 15 is 0 Å². The number of rotatable bonds is 3. The van der Waals surface area contributed by atoms with E-state index in [0.717, 1.165) is 0 Å². The smallest absolute Gasteiger partial charge is 0.0137 e. The third kappa shape index (κ3) is 4.79. The topological polar surface area (TPSA) is 0 Å². The van der Waals surface area contributed by atoms with E-state index in [0.29, 0.717) is 5.41 Å². The molecule has 1 saturated carbocycles. The van der Waals surface area contributed by atoms with Crippen molar-refractivity contribution in [3.63, 3.8) is 0 Å². The molecule has 0 bridgehead atoms. The Balaban J connectivity index is 1.80. The molecule has 1 aliphatic carbocycles. The molecular formula is C31H41-. The second kappa shape index (κ2) is 7.88. The molecule has 0 heterocycles. The summed E-state index contributed by atoms with van der Waals surface area (Å²) in [6.07, 6.45) is 8.20. The highest BCUT2D eigenvalue weighted by atomic mass is 14.3. The fraction of sp³-hybridized carbons (Fsp3) is 0.516. The van der Waals surface area contributed by atoms with Crippen LogP contribution in [0.1, 0.15) is 97.3 Å². The summed E-state index contributed by atoms with van der Waals surface area (Å²) in [6.45, 7) is 16.5. The van der Waals surface area contributed by atoms with Crippen molar-refractivity contribution in [3.8, 4) is 11.1 Å². The molecule has 4 rings (SSSR count). The van der Waals surface area contributed by atoms with E-state index in [2.05, 4.69) is 97.0 Å². The number of hydrogen-bond donors (Lipinski definition) is 0. The van der Waals surface area contributed by atoms with E-state index in [4.69, 9.17) is 0 Å². The molecule has 0 unspecified atom stereocenters. The van der Waals surface area contributed by atoms with Gasteiger partial charge in [-0.3, -0.25) is 0 Å². The second-order valence-electron chi connectivity index (χ2n) is 12.5. The number of benzene rings is 2. The summed E-state index contributed by atoms with van der Waals surface area (Å²) in [5.74, 6) is 0. The first-order chi connectivity index (χ1) is 14.4. The van der Waals surface area contributed by atoms with Crippen molar-refractivity contribution in [1.82, 2.24) is 0 Å². The largest absolute Gasteiger partial charge is 0.132 e. The van der Waals surface area contributed by atoms with Gasteiger partial charge in [0.15, 0.2) is 0 Å². The summed E-state index contributed by atoms with van der Waals surface area (Å²) in [5, 5.41) is 2.81. The Bertz CT molecular complexity index is 1020. The molecule has 0 atom stereocenters. The first kappa shape index (κ1) is 22.3. The molecule has 0 radical (unpaired) electrons.